The molecule has 2 aromatic rings. The first-order chi connectivity index (χ1) is 11.8. The van der Waals surface area contributed by atoms with Crippen LogP contribution in [0.15, 0.2) is 46.9 Å². The van der Waals surface area contributed by atoms with Crippen molar-refractivity contribution in [3.05, 3.63) is 52.5 Å². The van der Waals surface area contributed by atoms with E-state index < -0.39 is 0 Å². The average molecular weight is 406 g/mol. The van der Waals surface area contributed by atoms with Crippen LogP contribution in [0.25, 0.3) is 0 Å². The number of anilines is 1. The molecule has 0 fully saturated rings. The molecule has 1 amide bonds. The van der Waals surface area contributed by atoms with Gasteiger partial charge in [0.15, 0.2) is 6.61 Å². The molecule has 0 heterocycles. The molecule has 1 N–H and O–H groups in total. The van der Waals surface area contributed by atoms with Crippen LogP contribution in [0.2, 0.25) is 0 Å². The quantitative estimate of drug-likeness (QED) is 0.672. The van der Waals surface area contributed by atoms with E-state index in [0.29, 0.717) is 11.6 Å². The van der Waals surface area contributed by atoms with Gasteiger partial charge in [-0.2, -0.15) is 0 Å². The van der Waals surface area contributed by atoms with Crippen LogP contribution in [0.3, 0.4) is 0 Å². The molecule has 2 aromatic carbocycles. The Morgan fingerprint density at radius 2 is 1.88 bits per heavy atom. The van der Waals surface area contributed by atoms with Gasteiger partial charge in [-0.05, 0) is 55.7 Å². The van der Waals surface area contributed by atoms with E-state index >= 15 is 0 Å². The summed E-state index contributed by atoms with van der Waals surface area (Å²) in [7, 11) is 0. The fourth-order valence-corrected chi connectivity index (χ4v) is 2.74. The number of rotatable bonds is 7. The van der Waals surface area contributed by atoms with Crippen LogP contribution >= 0.6 is 15.9 Å². The van der Waals surface area contributed by atoms with Gasteiger partial charge < -0.3 is 14.8 Å². The Hall–Kier alpha value is -2.01. The molecule has 25 heavy (non-hydrogen) atoms. The third-order valence-corrected chi connectivity index (χ3v) is 3.94. The summed E-state index contributed by atoms with van der Waals surface area (Å²) >= 11 is 3.47. The summed E-state index contributed by atoms with van der Waals surface area (Å²) in [5.74, 6) is 1.55. The molecule has 0 saturated heterocycles. The highest BCUT2D eigenvalue weighted by Gasteiger charge is 2.11. The van der Waals surface area contributed by atoms with Crippen molar-refractivity contribution in [3.8, 4) is 11.5 Å². The Balaban J connectivity index is 1.97. The number of hydrogen-bond donors (Lipinski definition) is 1. The molecule has 0 aromatic heterocycles. The molecule has 2 rings (SSSR count). The standard InChI is InChI=1S/C20H24BrNO3/c1-13(2)18-10-15(21)8-9-19(18)24-12-20(23)22-16-6-5-7-17(11-16)25-14(3)4/h5-11,13-14H,12H2,1-4H3,(H,22,23). The molecule has 0 aliphatic carbocycles. The second-order valence-electron chi connectivity index (χ2n) is 6.37. The highest BCUT2D eigenvalue weighted by molar-refractivity contribution is 9.10. The van der Waals surface area contributed by atoms with Crippen molar-refractivity contribution in [2.45, 2.75) is 39.7 Å². The maximum atomic E-state index is 12.2. The van der Waals surface area contributed by atoms with E-state index in [1.54, 1.807) is 6.07 Å². The molecule has 0 bridgehead atoms. The molecular weight excluding hydrogens is 382 g/mol. The molecule has 0 atom stereocenters. The number of nitrogens with one attached hydrogen (secondary N) is 1. The minimum absolute atomic E-state index is 0.0450. The molecule has 134 valence electrons. The molecule has 5 heteroatoms. The Morgan fingerprint density at radius 1 is 1.12 bits per heavy atom. The number of hydrogen-bond acceptors (Lipinski definition) is 3. The van der Waals surface area contributed by atoms with Crippen molar-refractivity contribution < 1.29 is 14.3 Å². The third kappa shape index (κ3) is 6.09. The van der Waals surface area contributed by atoms with Crippen LogP contribution in [0.5, 0.6) is 11.5 Å². The maximum absolute atomic E-state index is 12.2. The summed E-state index contributed by atoms with van der Waals surface area (Å²) in [6.07, 6.45) is 0.0844. The lowest BCUT2D eigenvalue weighted by Crippen LogP contribution is -2.20. The van der Waals surface area contributed by atoms with Crippen molar-refractivity contribution >= 4 is 27.5 Å². The summed E-state index contributed by atoms with van der Waals surface area (Å²) in [6.45, 7) is 8.06. The second kappa shape index (κ2) is 8.90. The highest BCUT2D eigenvalue weighted by atomic mass is 79.9. The number of ether oxygens (including phenoxy) is 2. The molecule has 0 aliphatic heterocycles. The topological polar surface area (TPSA) is 47.6 Å². The Bertz CT molecular complexity index is 729. The van der Waals surface area contributed by atoms with Gasteiger partial charge >= 0.3 is 0 Å². The van der Waals surface area contributed by atoms with E-state index in [-0.39, 0.29) is 18.6 Å². The zero-order valence-electron chi connectivity index (χ0n) is 15.0. The third-order valence-electron chi connectivity index (χ3n) is 3.44. The fraction of sp³-hybridized carbons (Fsp3) is 0.350. The van der Waals surface area contributed by atoms with E-state index in [1.807, 2.05) is 50.2 Å². The first-order valence-electron chi connectivity index (χ1n) is 8.34. The molecule has 0 spiro atoms. The Morgan fingerprint density at radius 3 is 2.56 bits per heavy atom. The van der Waals surface area contributed by atoms with Gasteiger partial charge in [0.2, 0.25) is 0 Å². The summed E-state index contributed by atoms with van der Waals surface area (Å²) in [4.78, 5) is 12.2. The lowest BCUT2D eigenvalue weighted by atomic mass is 10.0. The van der Waals surface area contributed by atoms with Crippen LogP contribution in [-0.4, -0.2) is 18.6 Å². The van der Waals surface area contributed by atoms with E-state index in [9.17, 15) is 4.79 Å². The molecule has 0 aliphatic rings. The van der Waals surface area contributed by atoms with E-state index in [2.05, 4.69) is 35.1 Å². The second-order valence-corrected chi connectivity index (χ2v) is 7.28. The number of benzene rings is 2. The van der Waals surface area contributed by atoms with Gasteiger partial charge in [-0.1, -0.05) is 35.8 Å². The van der Waals surface area contributed by atoms with Crippen LogP contribution in [0.1, 0.15) is 39.2 Å². The first-order valence-corrected chi connectivity index (χ1v) is 9.13. The lowest BCUT2D eigenvalue weighted by molar-refractivity contribution is -0.118. The monoisotopic (exact) mass is 405 g/mol. The van der Waals surface area contributed by atoms with E-state index in [4.69, 9.17) is 9.47 Å². The van der Waals surface area contributed by atoms with Crippen LogP contribution in [0.4, 0.5) is 5.69 Å². The molecule has 0 saturated carbocycles. The number of halogens is 1. The van der Waals surface area contributed by atoms with Crippen molar-refractivity contribution in [1.29, 1.82) is 0 Å². The summed E-state index contributed by atoms with van der Waals surface area (Å²) < 4.78 is 12.3. The van der Waals surface area contributed by atoms with Crippen molar-refractivity contribution in [1.82, 2.24) is 0 Å². The number of carbonyl (C=O) groups is 1. The SMILES string of the molecule is CC(C)Oc1cccc(NC(=O)COc2ccc(Br)cc2C(C)C)c1. The van der Waals surface area contributed by atoms with Crippen LogP contribution in [0, 0.1) is 0 Å². The van der Waals surface area contributed by atoms with Crippen molar-refractivity contribution in [2.75, 3.05) is 11.9 Å². The minimum Gasteiger partial charge on any atom is -0.491 e. The van der Waals surface area contributed by atoms with Gasteiger partial charge in [-0.3, -0.25) is 4.79 Å². The maximum Gasteiger partial charge on any atom is 0.262 e. The summed E-state index contributed by atoms with van der Waals surface area (Å²) in [6, 6.07) is 13.1. The largest absolute Gasteiger partial charge is 0.491 e. The zero-order chi connectivity index (χ0) is 18.4. The van der Waals surface area contributed by atoms with Gasteiger partial charge in [0, 0.05) is 16.2 Å². The lowest BCUT2D eigenvalue weighted by Gasteiger charge is -2.15. The molecule has 4 nitrogen and oxygen atoms in total. The molecular formula is C20H24BrNO3. The van der Waals surface area contributed by atoms with Gasteiger partial charge in [-0.15, -0.1) is 0 Å². The summed E-state index contributed by atoms with van der Waals surface area (Å²) in [5, 5.41) is 2.83. The van der Waals surface area contributed by atoms with Gasteiger partial charge in [0.25, 0.3) is 5.91 Å². The molecule has 0 unspecified atom stereocenters. The van der Waals surface area contributed by atoms with E-state index in [1.165, 1.54) is 0 Å². The van der Waals surface area contributed by atoms with Gasteiger partial charge in [-0.25, -0.2) is 0 Å². The predicted octanol–water partition coefficient (Wildman–Crippen LogP) is 5.38. The van der Waals surface area contributed by atoms with Crippen molar-refractivity contribution in [3.63, 3.8) is 0 Å². The Kier molecular flexibility index (Phi) is 6.88. The zero-order valence-corrected chi connectivity index (χ0v) is 16.6. The summed E-state index contributed by atoms with van der Waals surface area (Å²) in [5.41, 5.74) is 1.75. The normalized spacial score (nSPS) is 10.8. The van der Waals surface area contributed by atoms with Crippen LogP contribution in [-0.2, 0) is 4.79 Å². The van der Waals surface area contributed by atoms with Crippen molar-refractivity contribution in [2.24, 2.45) is 0 Å². The van der Waals surface area contributed by atoms with Gasteiger partial charge in [0.1, 0.15) is 11.5 Å². The highest BCUT2D eigenvalue weighted by Crippen LogP contribution is 2.29. The van der Waals surface area contributed by atoms with Crippen LogP contribution < -0.4 is 14.8 Å². The number of carbonyl (C=O) groups excluding carboxylic acids is 1. The first kappa shape index (κ1) is 19.3. The predicted molar refractivity (Wildman–Crippen MR) is 105 cm³/mol. The molecule has 0 radical (unpaired) electrons. The van der Waals surface area contributed by atoms with E-state index in [0.717, 1.165) is 21.5 Å². The number of amides is 1. The average Bonchev–Trinajstić information content (AvgIpc) is 2.53. The smallest absolute Gasteiger partial charge is 0.262 e. The minimum atomic E-state index is -0.209. The van der Waals surface area contributed by atoms with Gasteiger partial charge in [0.05, 0.1) is 6.10 Å². The fourth-order valence-electron chi connectivity index (χ4n) is 2.36. The Labute approximate surface area is 157 Å².